The van der Waals surface area contributed by atoms with Gasteiger partial charge in [-0.05, 0) is 24.6 Å². The van der Waals surface area contributed by atoms with E-state index in [4.69, 9.17) is 29.4 Å². The molecule has 37 heavy (non-hydrogen) atoms. The van der Waals surface area contributed by atoms with Crippen LogP contribution in [0, 0.1) is 0 Å². The molecule has 0 fully saturated rings. The molecule has 0 saturated heterocycles. The quantitative estimate of drug-likeness (QED) is 0.391. The molecule has 202 valence electrons. The summed E-state index contributed by atoms with van der Waals surface area (Å²) < 4.78 is 26.8. The lowest BCUT2D eigenvalue weighted by atomic mass is 10.1. The maximum atomic E-state index is 13.0. The molecular weight excluding hydrogens is 502 g/mol. The average Bonchev–Trinajstić information content (AvgIpc) is 2.90. The first-order valence-electron chi connectivity index (χ1n) is 11.2. The number of ether oxygens (including phenoxy) is 5. The third-order valence-corrected chi connectivity index (χ3v) is 5.81. The lowest BCUT2D eigenvalue weighted by Gasteiger charge is -2.22. The van der Waals surface area contributed by atoms with Gasteiger partial charge in [0.15, 0.2) is 23.0 Å². The molecule has 0 aliphatic carbocycles. The van der Waals surface area contributed by atoms with Crippen LogP contribution in [0.5, 0.6) is 28.7 Å². The first-order valence-corrected chi connectivity index (χ1v) is 11.2. The number of anilines is 2. The second-order valence-corrected chi connectivity index (χ2v) is 8.05. The summed E-state index contributed by atoms with van der Waals surface area (Å²) in [4.78, 5) is 25.6. The van der Waals surface area contributed by atoms with Crippen molar-refractivity contribution < 1.29 is 28.5 Å². The summed E-state index contributed by atoms with van der Waals surface area (Å²) in [5.41, 5.74) is 7.29. The van der Waals surface area contributed by atoms with Gasteiger partial charge in [-0.3, -0.25) is 4.79 Å². The number of nitrogen functional groups attached to an aromatic ring is 1. The number of benzene rings is 2. The molecule has 3 rings (SSSR count). The Morgan fingerprint density at radius 1 is 0.811 bits per heavy atom. The minimum Gasteiger partial charge on any atom is -0.493 e. The number of halogens is 1. The number of fused-ring (bicyclic) bond motifs is 1. The van der Waals surface area contributed by atoms with Crippen molar-refractivity contribution in [3.05, 3.63) is 29.8 Å². The molecule has 1 heterocycles. The number of carbonyl (C=O) groups is 1. The second-order valence-electron chi connectivity index (χ2n) is 8.05. The Balaban J connectivity index is 0.00000481. The highest BCUT2D eigenvalue weighted by Crippen LogP contribution is 2.38. The molecule has 11 nitrogen and oxygen atoms in total. The Labute approximate surface area is 222 Å². The fraction of sp³-hybridized carbons (Fsp3) is 0.400. The number of carbonyl (C=O) groups excluding carboxylic acids is 1. The Kier molecular flexibility index (Phi) is 10.2. The van der Waals surface area contributed by atoms with Gasteiger partial charge in [0.2, 0.25) is 11.7 Å². The van der Waals surface area contributed by atoms with E-state index in [1.807, 2.05) is 11.9 Å². The Morgan fingerprint density at radius 2 is 1.38 bits per heavy atom. The molecule has 3 aromatic rings. The number of aromatic nitrogens is 2. The van der Waals surface area contributed by atoms with Gasteiger partial charge in [-0.15, -0.1) is 12.4 Å². The first-order chi connectivity index (χ1) is 17.3. The minimum atomic E-state index is -0.163. The highest BCUT2D eigenvalue weighted by molar-refractivity contribution is 5.95. The number of hydrogen-bond acceptors (Lipinski definition) is 10. The molecule has 0 bridgehead atoms. The highest BCUT2D eigenvalue weighted by Gasteiger charge is 2.20. The van der Waals surface area contributed by atoms with Gasteiger partial charge in [0.05, 0.1) is 41.1 Å². The standard InChI is InChI=1S/C25H33N5O6.ClH/c1-29(24(31)15-11-20(34-5)22(36-7)21(12-15)35-6)9-8-10-30(2)25-27-17-14-19(33-4)18(32-3)13-16(17)23(26)28-25;/h11-14H,8-10H2,1-7H3,(H2,26,27,28);1H. The highest BCUT2D eigenvalue weighted by atomic mass is 35.5. The van der Waals surface area contributed by atoms with E-state index in [0.717, 1.165) is 0 Å². The monoisotopic (exact) mass is 535 g/mol. The SMILES string of the molecule is COc1cc2nc(N(C)CCCN(C)C(=O)c3cc(OC)c(OC)c(OC)c3)nc(N)c2cc1OC.Cl. The van der Waals surface area contributed by atoms with Crippen LogP contribution < -0.4 is 34.3 Å². The van der Waals surface area contributed by atoms with Crippen LogP contribution in [-0.4, -0.2) is 83.5 Å². The van der Waals surface area contributed by atoms with Crippen molar-refractivity contribution in [1.29, 1.82) is 0 Å². The van der Waals surface area contributed by atoms with Gasteiger partial charge in [0.25, 0.3) is 5.91 Å². The van der Waals surface area contributed by atoms with Crippen molar-refractivity contribution in [2.75, 3.05) is 73.4 Å². The van der Waals surface area contributed by atoms with Crippen molar-refractivity contribution >= 4 is 41.0 Å². The van der Waals surface area contributed by atoms with Gasteiger partial charge >= 0.3 is 0 Å². The van der Waals surface area contributed by atoms with E-state index in [-0.39, 0.29) is 18.3 Å². The van der Waals surface area contributed by atoms with E-state index in [2.05, 4.69) is 9.97 Å². The molecule has 0 unspecified atom stereocenters. The predicted molar refractivity (Wildman–Crippen MR) is 145 cm³/mol. The maximum Gasteiger partial charge on any atom is 0.253 e. The third kappa shape index (κ3) is 6.29. The number of nitrogens with two attached hydrogens (primary N) is 1. The van der Waals surface area contributed by atoms with Crippen molar-refractivity contribution in [2.45, 2.75) is 6.42 Å². The van der Waals surface area contributed by atoms with Crippen LogP contribution in [0.3, 0.4) is 0 Å². The maximum absolute atomic E-state index is 13.0. The summed E-state index contributed by atoms with van der Waals surface area (Å²) >= 11 is 0. The van der Waals surface area contributed by atoms with Gasteiger partial charge in [-0.1, -0.05) is 0 Å². The number of methoxy groups -OCH3 is 5. The van der Waals surface area contributed by atoms with Crippen LogP contribution in [-0.2, 0) is 0 Å². The topological polar surface area (TPSA) is 122 Å². The van der Waals surface area contributed by atoms with E-state index < -0.39 is 0 Å². The Hall–Kier alpha value is -3.86. The van der Waals surface area contributed by atoms with E-state index >= 15 is 0 Å². The third-order valence-electron chi connectivity index (χ3n) is 5.81. The van der Waals surface area contributed by atoms with E-state index in [1.54, 1.807) is 50.4 Å². The van der Waals surface area contributed by atoms with Crippen LogP contribution in [0.1, 0.15) is 16.8 Å². The fourth-order valence-corrected chi connectivity index (χ4v) is 3.81. The van der Waals surface area contributed by atoms with Gasteiger partial charge in [-0.2, -0.15) is 4.98 Å². The second kappa shape index (κ2) is 12.9. The zero-order chi connectivity index (χ0) is 26.4. The molecular formula is C25H34ClN5O6. The fourth-order valence-electron chi connectivity index (χ4n) is 3.81. The molecule has 0 aliphatic heterocycles. The molecule has 0 spiro atoms. The van der Waals surface area contributed by atoms with Crippen molar-refractivity contribution in [3.8, 4) is 28.7 Å². The van der Waals surface area contributed by atoms with Gasteiger partial charge < -0.3 is 39.2 Å². The van der Waals surface area contributed by atoms with Crippen LogP contribution in [0.25, 0.3) is 10.9 Å². The Bertz CT molecular complexity index is 1220. The molecule has 12 heteroatoms. The predicted octanol–water partition coefficient (Wildman–Crippen LogP) is 3.28. The normalized spacial score (nSPS) is 10.4. The van der Waals surface area contributed by atoms with Crippen LogP contribution in [0.15, 0.2) is 24.3 Å². The molecule has 2 N–H and O–H groups in total. The molecule has 1 amide bonds. The molecule has 2 aromatic carbocycles. The summed E-state index contributed by atoms with van der Waals surface area (Å²) in [5.74, 6) is 3.06. The zero-order valence-corrected chi connectivity index (χ0v) is 23.0. The Morgan fingerprint density at radius 3 is 1.92 bits per heavy atom. The number of rotatable bonds is 11. The number of nitrogens with zero attached hydrogens (tertiary/aromatic N) is 4. The molecule has 1 aromatic heterocycles. The largest absolute Gasteiger partial charge is 0.493 e. The molecule has 0 aliphatic rings. The summed E-state index contributed by atoms with van der Waals surface area (Å²) in [7, 11) is 11.3. The number of amides is 1. The van der Waals surface area contributed by atoms with E-state index in [9.17, 15) is 4.79 Å². The van der Waals surface area contributed by atoms with Crippen LogP contribution >= 0.6 is 12.4 Å². The molecule has 0 atom stereocenters. The lowest BCUT2D eigenvalue weighted by Crippen LogP contribution is -2.31. The summed E-state index contributed by atoms with van der Waals surface area (Å²) in [6, 6.07) is 6.81. The van der Waals surface area contributed by atoms with E-state index in [1.165, 1.54) is 21.3 Å². The smallest absolute Gasteiger partial charge is 0.253 e. The zero-order valence-electron chi connectivity index (χ0n) is 22.2. The molecule has 0 radical (unpaired) electrons. The first kappa shape index (κ1) is 29.4. The van der Waals surface area contributed by atoms with Crippen molar-refractivity contribution in [1.82, 2.24) is 14.9 Å². The average molecular weight is 536 g/mol. The van der Waals surface area contributed by atoms with Crippen LogP contribution in [0.2, 0.25) is 0 Å². The summed E-state index contributed by atoms with van der Waals surface area (Å²) in [6.07, 6.45) is 0.677. The van der Waals surface area contributed by atoms with Crippen LogP contribution in [0.4, 0.5) is 11.8 Å². The number of hydrogen-bond donors (Lipinski definition) is 1. The molecule has 0 saturated carbocycles. The van der Waals surface area contributed by atoms with Gasteiger partial charge in [0, 0.05) is 44.2 Å². The summed E-state index contributed by atoms with van der Waals surface area (Å²) in [5, 5.41) is 0.681. The van der Waals surface area contributed by atoms with E-state index in [0.29, 0.717) is 76.5 Å². The van der Waals surface area contributed by atoms with Gasteiger partial charge in [-0.25, -0.2) is 4.98 Å². The minimum absolute atomic E-state index is 0. The van der Waals surface area contributed by atoms with Gasteiger partial charge in [0.1, 0.15) is 5.82 Å². The van der Waals surface area contributed by atoms with Crippen molar-refractivity contribution in [3.63, 3.8) is 0 Å². The lowest BCUT2D eigenvalue weighted by molar-refractivity contribution is 0.0793. The summed E-state index contributed by atoms with van der Waals surface area (Å²) in [6.45, 7) is 1.11. The van der Waals surface area contributed by atoms with Crippen molar-refractivity contribution in [2.24, 2.45) is 0 Å².